The first-order valence-electron chi connectivity index (χ1n) is 6.73. The minimum Gasteiger partial charge on any atom is -0.466 e. The van der Waals surface area contributed by atoms with E-state index in [0.29, 0.717) is 36.8 Å². The molecule has 1 aromatic rings. The summed E-state index contributed by atoms with van der Waals surface area (Å²) in [6, 6.07) is 4.37. The maximum atomic E-state index is 12.0. The number of halogens is 1. The third kappa shape index (κ3) is 3.10. The van der Waals surface area contributed by atoms with Gasteiger partial charge in [-0.25, -0.2) is 0 Å². The number of anilines is 1. The molecule has 6 nitrogen and oxygen atoms in total. The van der Waals surface area contributed by atoms with Crippen molar-refractivity contribution in [3.63, 3.8) is 0 Å². The Hall–Kier alpha value is -1.82. The molecule has 114 valence electrons. The van der Waals surface area contributed by atoms with E-state index in [1.807, 2.05) is 11.8 Å². The quantitative estimate of drug-likeness (QED) is 0.485. The first-order chi connectivity index (χ1) is 9.87. The van der Waals surface area contributed by atoms with E-state index in [1.165, 1.54) is 12.1 Å². The molecule has 7 heteroatoms. The second kappa shape index (κ2) is 5.89. The molecule has 0 radical (unpaired) electrons. The molecule has 1 heterocycles. The summed E-state index contributed by atoms with van der Waals surface area (Å²) >= 11 is 6.13. The molecule has 21 heavy (non-hydrogen) atoms. The van der Waals surface area contributed by atoms with Crippen LogP contribution >= 0.6 is 11.6 Å². The van der Waals surface area contributed by atoms with E-state index >= 15 is 0 Å². The van der Waals surface area contributed by atoms with Crippen molar-refractivity contribution in [1.82, 2.24) is 0 Å². The number of benzene rings is 1. The van der Waals surface area contributed by atoms with Gasteiger partial charge in [-0.05, 0) is 26.3 Å². The van der Waals surface area contributed by atoms with Crippen molar-refractivity contribution in [2.24, 2.45) is 5.41 Å². The van der Waals surface area contributed by atoms with E-state index in [2.05, 4.69) is 0 Å². The zero-order valence-electron chi connectivity index (χ0n) is 12.0. The molecule has 0 N–H and O–H groups in total. The average molecular weight is 313 g/mol. The molecule has 0 amide bonds. The van der Waals surface area contributed by atoms with Crippen molar-refractivity contribution in [3.05, 3.63) is 33.3 Å². The number of non-ortho nitro benzene ring substituents is 1. The van der Waals surface area contributed by atoms with Gasteiger partial charge in [0, 0.05) is 25.2 Å². The summed E-state index contributed by atoms with van der Waals surface area (Å²) in [7, 11) is 0. The molecule has 0 saturated carbocycles. The molecule has 1 fully saturated rings. The molecule has 1 aliphatic heterocycles. The van der Waals surface area contributed by atoms with Crippen molar-refractivity contribution in [1.29, 1.82) is 0 Å². The zero-order valence-corrected chi connectivity index (χ0v) is 12.7. The summed E-state index contributed by atoms with van der Waals surface area (Å²) in [5.41, 5.74) is 0.0904. The number of carbonyl (C=O) groups excluding carboxylic acids is 1. The molecule has 1 saturated heterocycles. The van der Waals surface area contributed by atoms with Gasteiger partial charge >= 0.3 is 5.97 Å². The number of hydrogen-bond acceptors (Lipinski definition) is 5. The van der Waals surface area contributed by atoms with Gasteiger partial charge in [-0.15, -0.1) is 0 Å². The Balaban J connectivity index is 2.18. The third-order valence-electron chi connectivity index (χ3n) is 3.72. The smallest absolute Gasteiger partial charge is 0.313 e. The molecular weight excluding hydrogens is 296 g/mol. The standard InChI is InChI=1S/C14H17ClN2O4/c1-3-21-13(18)14(2)6-7-16(9-14)12-5-4-10(17(19)20)8-11(12)15/h4-5,8H,3,6-7,9H2,1-2H3. The number of nitro benzene ring substituents is 1. The summed E-state index contributed by atoms with van der Waals surface area (Å²) in [5.74, 6) is -0.217. The minimum absolute atomic E-state index is 0.0453. The number of nitrogens with zero attached hydrogens (tertiary/aromatic N) is 2. The fourth-order valence-corrected chi connectivity index (χ4v) is 2.80. The maximum absolute atomic E-state index is 12.0. The Kier molecular flexibility index (Phi) is 4.37. The van der Waals surface area contributed by atoms with Crippen LogP contribution in [-0.4, -0.2) is 30.6 Å². The SMILES string of the molecule is CCOC(=O)C1(C)CCN(c2ccc([N+](=O)[O-])cc2Cl)C1. The second-order valence-electron chi connectivity index (χ2n) is 5.35. The van der Waals surface area contributed by atoms with Crippen LogP contribution in [0.15, 0.2) is 18.2 Å². The zero-order chi connectivity index (χ0) is 15.6. The van der Waals surface area contributed by atoms with Crippen molar-refractivity contribution in [2.75, 3.05) is 24.6 Å². The lowest BCUT2D eigenvalue weighted by atomic mass is 9.90. The van der Waals surface area contributed by atoms with Gasteiger partial charge in [0.2, 0.25) is 0 Å². The first-order valence-corrected chi connectivity index (χ1v) is 7.11. The molecule has 2 rings (SSSR count). The normalized spacial score (nSPS) is 21.4. The molecule has 0 spiro atoms. The number of rotatable bonds is 4. The Morgan fingerprint density at radius 1 is 1.57 bits per heavy atom. The fourth-order valence-electron chi connectivity index (χ4n) is 2.50. The largest absolute Gasteiger partial charge is 0.466 e. The van der Waals surface area contributed by atoms with Gasteiger partial charge in [0.1, 0.15) is 0 Å². The van der Waals surface area contributed by atoms with Gasteiger partial charge < -0.3 is 9.64 Å². The van der Waals surface area contributed by atoms with Gasteiger partial charge in [-0.2, -0.15) is 0 Å². The van der Waals surface area contributed by atoms with Crippen LogP contribution < -0.4 is 4.90 Å². The maximum Gasteiger partial charge on any atom is 0.313 e. The number of carbonyl (C=O) groups is 1. The highest BCUT2D eigenvalue weighted by Crippen LogP contribution is 2.38. The van der Waals surface area contributed by atoms with Crippen LogP contribution in [0.25, 0.3) is 0 Å². The van der Waals surface area contributed by atoms with Crippen molar-refractivity contribution >= 4 is 28.9 Å². The monoisotopic (exact) mass is 312 g/mol. The van der Waals surface area contributed by atoms with Crippen LogP contribution in [0, 0.1) is 15.5 Å². The van der Waals surface area contributed by atoms with Gasteiger partial charge in [0.15, 0.2) is 0 Å². The summed E-state index contributed by atoms with van der Waals surface area (Å²) in [6.07, 6.45) is 0.666. The van der Waals surface area contributed by atoms with Crippen LogP contribution in [0.4, 0.5) is 11.4 Å². The van der Waals surface area contributed by atoms with Crippen LogP contribution in [0.2, 0.25) is 5.02 Å². The number of hydrogen-bond donors (Lipinski definition) is 0. The average Bonchev–Trinajstić information content (AvgIpc) is 2.82. The lowest BCUT2D eigenvalue weighted by Crippen LogP contribution is -2.33. The van der Waals surface area contributed by atoms with E-state index in [9.17, 15) is 14.9 Å². The fraction of sp³-hybridized carbons (Fsp3) is 0.500. The predicted molar refractivity (Wildman–Crippen MR) is 79.7 cm³/mol. The van der Waals surface area contributed by atoms with Crippen LogP contribution in [0.1, 0.15) is 20.3 Å². The van der Waals surface area contributed by atoms with Gasteiger partial charge in [-0.1, -0.05) is 11.6 Å². The molecule has 1 aliphatic rings. The van der Waals surface area contributed by atoms with Gasteiger partial charge in [-0.3, -0.25) is 14.9 Å². The number of nitro groups is 1. The lowest BCUT2D eigenvalue weighted by molar-refractivity contribution is -0.384. The van der Waals surface area contributed by atoms with Crippen molar-refractivity contribution in [2.45, 2.75) is 20.3 Å². The molecule has 0 aromatic heterocycles. The molecule has 0 bridgehead atoms. The minimum atomic E-state index is -0.568. The van der Waals surface area contributed by atoms with Crippen LogP contribution in [0.5, 0.6) is 0 Å². The van der Waals surface area contributed by atoms with E-state index in [1.54, 1.807) is 13.0 Å². The number of esters is 1. The van der Waals surface area contributed by atoms with Crippen molar-refractivity contribution in [3.8, 4) is 0 Å². The van der Waals surface area contributed by atoms with E-state index < -0.39 is 10.3 Å². The molecular formula is C14H17ClN2O4. The summed E-state index contributed by atoms with van der Waals surface area (Å²) in [4.78, 5) is 24.2. The van der Waals surface area contributed by atoms with Crippen LogP contribution in [0.3, 0.4) is 0 Å². The van der Waals surface area contributed by atoms with Crippen LogP contribution in [-0.2, 0) is 9.53 Å². The molecule has 1 aromatic carbocycles. The first kappa shape index (κ1) is 15.6. The molecule has 1 atom stereocenters. The Bertz CT molecular complexity index is 578. The highest BCUT2D eigenvalue weighted by atomic mass is 35.5. The van der Waals surface area contributed by atoms with E-state index in [-0.39, 0.29) is 11.7 Å². The Labute approximate surface area is 127 Å². The summed E-state index contributed by atoms with van der Waals surface area (Å²) in [5, 5.41) is 11.0. The number of ether oxygens (including phenoxy) is 1. The predicted octanol–water partition coefficient (Wildman–Crippen LogP) is 3.03. The Morgan fingerprint density at radius 3 is 2.86 bits per heavy atom. The highest BCUT2D eigenvalue weighted by molar-refractivity contribution is 6.33. The Morgan fingerprint density at radius 2 is 2.29 bits per heavy atom. The molecule has 0 aliphatic carbocycles. The molecule has 1 unspecified atom stereocenters. The van der Waals surface area contributed by atoms with Crippen molar-refractivity contribution < 1.29 is 14.5 Å². The highest BCUT2D eigenvalue weighted by Gasteiger charge is 2.42. The summed E-state index contributed by atoms with van der Waals surface area (Å²) in [6.45, 7) is 5.15. The van der Waals surface area contributed by atoms with E-state index in [4.69, 9.17) is 16.3 Å². The third-order valence-corrected chi connectivity index (χ3v) is 4.03. The summed E-state index contributed by atoms with van der Waals surface area (Å²) < 4.78 is 5.11. The van der Waals surface area contributed by atoms with E-state index in [0.717, 1.165) is 0 Å². The topological polar surface area (TPSA) is 72.7 Å². The van der Waals surface area contributed by atoms with Gasteiger partial charge in [0.25, 0.3) is 5.69 Å². The second-order valence-corrected chi connectivity index (χ2v) is 5.75. The lowest BCUT2D eigenvalue weighted by Gasteiger charge is -2.24. The van der Waals surface area contributed by atoms with Gasteiger partial charge in [0.05, 0.1) is 27.7 Å².